The van der Waals surface area contributed by atoms with Crippen molar-refractivity contribution in [3.05, 3.63) is 54.4 Å². The molecule has 0 bridgehead atoms. The van der Waals surface area contributed by atoms with Crippen LogP contribution in [-0.2, 0) is 11.3 Å². The standard InChI is InChI=1S/C22H24FN7O3/c23-16-4-5-20(25-13-16)28-9-11-29(12-10-28)21(31)3-1-2-8-30-15-19(26-27-30)18-14-24-7-6-17(18)22(32)33/h4-7,13-15H,1-3,8-12H2,(H,32,33). The number of anilines is 1. The number of carboxylic acids is 1. The monoisotopic (exact) mass is 453 g/mol. The summed E-state index contributed by atoms with van der Waals surface area (Å²) < 4.78 is 14.7. The molecule has 0 saturated carbocycles. The van der Waals surface area contributed by atoms with E-state index in [4.69, 9.17) is 0 Å². The van der Waals surface area contributed by atoms with Gasteiger partial charge in [-0.2, -0.15) is 0 Å². The number of pyridine rings is 2. The summed E-state index contributed by atoms with van der Waals surface area (Å²) in [5.74, 6) is -0.577. The Balaban J connectivity index is 1.21. The summed E-state index contributed by atoms with van der Waals surface area (Å²) >= 11 is 0. The number of aromatic carboxylic acids is 1. The Hall–Kier alpha value is -3.89. The van der Waals surface area contributed by atoms with Gasteiger partial charge in [-0.15, -0.1) is 5.10 Å². The lowest BCUT2D eigenvalue weighted by molar-refractivity contribution is -0.131. The van der Waals surface area contributed by atoms with Crippen LogP contribution in [0.15, 0.2) is 43.0 Å². The van der Waals surface area contributed by atoms with Gasteiger partial charge in [-0.1, -0.05) is 5.21 Å². The molecule has 1 saturated heterocycles. The average Bonchev–Trinajstić information content (AvgIpc) is 3.31. The van der Waals surface area contributed by atoms with Crippen LogP contribution >= 0.6 is 0 Å². The molecule has 11 heteroatoms. The first-order valence-electron chi connectivity index (χ1n) is 10.7. The number of piperazine rings is 1. The average molecular weight is 453 g/mol. The number of unbranched alkanes of at least 4 members (excludes halogenated alkanes) is 1. The quantitative estimate of drug-likeness (QED) is 0.515. The maximum atomic E-state index is 13.0. The summed E-state index contributed by atoms with van der Waals surface area (Å²) in [6.07, 6.45) is 7.67. The summed E-state index contributed by atoms with van der Waals surface area (Å²) in [7, 11) is 0. The summed E-state index contributed by atoms with van der Waals surface area (Å²) in [5, 5.41) is 17.4. The molecule has 1 fully saturated rings. The van der Waals surface area contributed by atoms with Gasteiger partial charge in [-0.25, -0.2) is 14.2 Å². The van der Waals surface area contributed by atoms with Crippen LogP contribution in [0.25, 0.3) is 11.3 Å². The number of rotatable bonds is 8. The molecule has 172 valence electrons. The van der Waals surface area contributed by atoms with Crippen molar-refractivity contribution >= 4 is 17.7 Å². The van der Waals surface area contributed by atoms with Gasteiger partial charge < -0.3 is 14.9 Å². The largest absolute Gasteiger partial charge is 0.478 e. The number of carbonyl (C=O) groups excluding carboxylic acids is 1. The zero-order valence-corrected chi connectivity index (χ0v) is 18.0. The molecule has 33 heavy (non-hydrogen) atoms. The third-order valence-corrected chi connectivity index (χ3v) is 5.56. The van der Waals surface area contributed by atoms with E-state index in [0.717, 1.165) is 12.2 Å². The number of hydrogen-bond donors (Lipinski definition) is 1. The van der Waals surface area contributed by atoms with Crippen LogP contribution in [0.4, 0.5) is 10.2 Å². The number of halogens is 1. The van der Waals surface area contributed by atoms with E-state index in [1.54, 1.807) is 16.9 Å². The molecule has 4 heterocycles. The van der Waals surface area contributed by atoms with Crippen molar-refractivity contribution in [1.29, 1.82) is 0 Å². The van der Waals surface area contributed by atoms with Gasteiger partial charge >= 0.3 is 5.97 Å². The number of aryl methyl sites for hydroxylation is 1. The van der Waals surface area contributed by atoms with E-state index in [0.29, 0.717) is 56.8 Å². The Morgan fingerprint density at radius 2 is 1.88 bits per heavy atom. The lowest BCUT2D eigenvalue weighted by atomic mass is 10.1. The molecule has 3 aromatic rings. The van der Waals surface area contributed by atoms with Crippen LogP contribution in [0.1, 0.15) is 29.6 Å². The fourth-order valence-corrected chi connectivity index (χ4v) is 3.76. The van der Waals surface area contributed by atoms with Crippen molar-refractivity contribution in [3.8, 4) is 11.3 Å². The molecule has 0 unspecified atom stereocenters. The number of aromatic nitrogens is 5. The first kappa shape index (κ1) is 22.3. The van der Waals surface area contributed by atoms with Crippen LogP contribution < -0.4 is 4.90 Å². The smallest absolute Gasteiger partial charge is 0.336 e. The molecule has 1 amide bonds. The summed E-state index contributed by atoms with van der Waals surface area (Å²) in [4.78, 5) is 35.9. The second kappa shape index (κ2) is 10.2. The van der Waals surface area contributed by atoms with Crippen LogP contribution in [-0.4, -0.2) is 73.0 Å². The highest BCUT2D eigenvalue weighted by atomic mass is 19.1. The molecule has 1 N–H and O–H groups in total. The Labute approximate surface area is 189 Å². The maximum Gasteiger partial charge on any atom is 0.336 e. The van der Waals surface area contributed by atoms with Gasteiger partial charge in [-0.05, 0) is 31.0 Å². The molecule has 10 nitrogen and oxygen atoms in total. The van der Waals surface area contributed by atoms with Crippen molar-refractivity contribution in [2.75, 3.05) is 31.1 Å². The first-order chi connectivity index (χ1) is 16.0. The molecule has 1 aliphatic heterocycles. The van der Waals surface area contributed by atoms with Crippen LogP contribution in [0.2, 0.25) is 0 Å². The van der Waals surface area contributed by atoms with Gasteiger partial charge in [0.2, 0.25) is 5.91 Å². The van der Waals surface area contributed by atoms with E-state index < -0.39 is 5.97 Å². The molecule has 3 aromatic heterocycles. The number of carbonyl (C=O) groups is 2. The maximum absolute atomic E-state index is 13.0. The van der Waals surface area contributed by atoms with E-state index in [-0.39, 0.29) is 17.3 Å². The van der Waals surface area contributed by atoms with Crippen molar-refractivity contribution in [2.24, 2.45) is 0 Å². The van der Waals surface area contributed by atoms with Gasteiger partial charge in [-0.3, -0.25) is 14.5 Å². The van der Waals surface area contributed by atoms with Gasteiger partial charge in [0.25, 0.3) is 0 Å². The van der Waals surface area contributed by atoms with E-state index in [9.17, 15) is 19.1 Å². The second-order valence-electron chi connectivity index (χ2n) is 7.75. The van der Waals surface area contributed by atoms with Crippen molar-refractivity contribution in [2.45, 2.75) is 25.8 Å². The molecule has 1 aliphatic rings. The molecular formula is C22H24FN7O3. The number of amides is 1. The lowest BCUT2D eigenvalue weighted by Crippen LogP contribution is -2.49. The minimum Gasteiger partial charge on any atom is -0.478 e. The van der Waals surface area contributed by atoms with E-state index in [2.05, 4.69) is 20.3 Å². The molecule has 0 aromatic carbocycles. The van der Waals surface area contributed by atoms with Gasteiger partial charge in [0, 0.05) is 57.1 Å². The second-order valence-corrected chi connectivity index (χ2v) is 7.75. The SMILES string of the molecule is O=C(O)c1ccncc1-c1cn(CCCCC(=O)N2CCN(c3ccc(F)cn3)CC2)nn1. The zero-order valence-electron chi connectivity index (χ0n) is 18.0. The highest BCUT2D eigenvalue weighted by Gasteiger charge is 2.21. The van der Waals surface area contributed by atoms with Crippen molar-refractivity contribution in [3.63, 3.8) is 0 Å². The Morgan fingerprint density at radius 1 is 1.06 bits per heavy atom. The van der Waals surface area contributed by atoms with Crippen molar-refractivity contribution < 1.29 is 19.1 Å². The third kappa shape index (κ3) is 5.48. The predicted octanol–water partition coefficient (Wildman–Crippen LogP) is 2.09. The van der Waals surface area contributed by atoms with E-state index in [1.807, 2.05) is 9.80 Å². The van der Waals surface area contributed by atoms with Gasteiger partial charge in [0.1, 0.15) is 17.3 Å². The number of carboxylic acid groups (broad SMARTS) is 1. The normalized spacial score (nSPS) is 13.8. The number of hydrogen-bond acceptors (Lipinski definition) is 7. The molecule has 0 aliphatic carbocycles. The van der Waals surface area contributed by atoms with Crippen LogP contribution in [0.5, 0.6) is 0 Å². The minimum absolute atomic E-state index is 0.113. The lowest BCUT2D eigenvalue weighted by Gasteiger charge is -2.35. The highest BCUT2D eigenvalue weighted by Crippen LogP contribution is 2.20. The summed E-state index contributed by atoms with van der Waals surface area (Å²) in [6, 6.07) is 4.47. The van der Waals surface area contributed by atoms with E-state index >= 15 is 0 Å². The molecule has 0 atom stereocenters. The fraction of sp³-hybridized carbons (Fsp3) is 0.364. The van der Waals surface area contributed by atoms with E-state index in [1.165, 1.54) is 30.7 Å². The summed E-state index contributed by atoms with van der Waals surface area (Å²) in [6.45, 7) is 3.13. The summed E-state index contributed by atoms with van der Waals surface area (Å²) in [5.41, 5.74) is 0.990. The van der Waals surface area contributed by atoms with Crippen molar-refractivity contribution in [1.82, 2.24) is 29.9 Å². The molecule has 0 spiro atoms. The van der Waals surface area contributed by atoms with Crippen LogP contribution in [0.3, 0.4) is 0 Å². The number of nitrogens with zero attached hydrogens (tertiary/aromatic N) is 7. The topological polar surface area (TPSA) is 117 Å². The molecule has 0 radical (unpaired) electrons. The van der Waals surface area contributed by atoms with Crippen LogP contribution in [0, 0.1) is 5.82 Å². The zero-order chi connectivity index (χ0) is 23.2. The Kier molecular flexibility index (Phi) is 6.86. The molecular weight excluding hydrogens is 429 g/mol. The van der Waals surface area contributed by atoms with Gasteiger partial charge in [0.15, 0.2) is 0 Å². The first-order valence-corrected chi connectivity index (χ1v) is 10.7. The van der Waals surface area contributed by atoms with Gasteiger partial charge in [0.05, 0.1) is 18.0 Å². The third-order valence-electron chi connectivity index (χ3n) is 5.56. The Bertz CT molecular complexity index is 1110. The Morgan fingerprint density at radius 3 is 2.61 bits per heavy atom. The minimum atomic E-state index is -1.05. The highest BCUT2D eigenvalue weighted by molar-refractivity contribution is 5.94. The molecule has 4 rings (SSSR count). The fourth-order valence-electron chi connectivity index (χ4n) is 3.76. The predicted molar refractivity (Wildman–Crippen MR) is 117 cm³/mol.